The summed E-state index contributed by atoms with van der Waals surface area (Å²) in [7, 11) is 1.33. The van der Waals surface area contributed by atoms with Crippen LogP contribution in [0, 0.1) is 11.8 Å². The second-order valence-corrected chi connectivity index (χ2v) is 9.00. The maximum Gasteiger partial charge on any atom is 0.316 e. The van der Waals surface area contributed by atoms with Crippen molar-refractivity contribution >= 4 is 23.1 Å². The van der Waals surface area contributed by atoms with Gasteiger partial charge in [-0.05, 0) is 36.1 Å². The van der Waals surface area contributed by atoms with Crippen molar-refractivity contribution in [2.45, 2.75) is 26.0 Å². The van der Waals surface area contributed by atoms with E-state index in [1.54, 1.807) is 0 Å². The fourth-order valence-electron chi connectivity index (χ4n) is 4.95. The largest absolute Gasteiger partial charge is 0.489 e. The first kappa shape index (κ1) is 22.7. The Balaban J connectivity index is 1.59. The van der Waals surface area contributed by atoms with Crippen molar-refractivity contribution in [2.75, 3.05) is 17.7 Å². The second-order valence-electron chi connectivity index (χ2n) is 9.00. The molecule has 3 aromatic carbocycles. The van der Waals surface area contributed by atoms with E-state index in [0.29, 0.717) is 24.4 Å². The summed E-state index contributed by atoms with van der Waals surface area (Å²) in [4.78, 5) is 26.5. The van der Waals surface area contributed by atoms with Crippen molar-refractivity contribution < 1.29 is 19.1 Å². The number of anilines is 2. The van der Waals surface area contributed by atoms with Gasteiger partial charge in [-0.1, -0.05) is 67.6 Å². The predicted molar refractivity (Wildman–Crippen MR) is 135 cm³/mol. The summed E-state index contributed by atoms with van der Waals surface area (Å²) in [5.41, 5.74) is 5.02. The van der Waals surface area contributed by atoms with Crippen molar-refractivity contribution in [1.82, 2.24) is 0 Å². The molecule has 0 amide bonds. The van der Waals surface area contributed by atoms with Crippen LogP contribution in [-0.2, 0) is 20.9 Å². The fourth-order valence-corrected chi connectivity index (χ4v) is 4.95. The lowest BCUT2D eigenvalue weighted by atomic mass is 9.74. The van der Waals surface area contributed by atoms with Gasteiger partial charge in [0.15, 0.2) is 5.78 Å². The average molecular weight is 469 g/mol. The third kappa shape index (κ3) is 4.39. The highest BCUT2D eigenvalue weighted by atomic mass is 16.5. The zero-order chi connectivity index (χ0) is 24.4. The van der Waals surface area contributed by atoms with Crippen LogP contribution in [0.4, 0.5) is 11.4 Å². The minimum absolute atomic E-state index is 0.184. The third-order valence-electron chi connectivity index (χ3n) is 6.69. The molecular weight excluding hydrogens is 440 g/mol. The zero-order valence-corrected chi connectivity index (χ0v) is 19.8. The van der Waals surface area contributed by atoms with E-state index < -0.39 is 17.9 Å². The molecular formula is C29H28N2O4. The lowest BCUT2D eigenvalue weighted by molar-refractivity contribution is -0.151. The summed E-state index contributed by atoms with van der Waals surface area (Å²) < 4.78 is 11.3. The maximum absolute atomic E-state index is 13.9. The Labute approximate surface area is 205 Å². The number of ketones is 1. The Kier molecular flexibility index (Phi) is 6.27. The molecule has 6 nitrogen and oxygen atoms in total. The fraction of sp³-hybridized carbons (Fsp3) is 0.241. The van der Waals surface area contributed by atoms with Crippen LogP contribution in [0.5, 0.6) is 5.75 Å². The highest BCUT2D eigenvalue weighted by Gasteiger charge is 2.44. The summed E-state index contributed by atoms with van der Waals surface area (Å²) in [6.07, 6.45) is 0.556. The van der Waals surface area contributed by atoms with Crippen molar-refractivity contribution in [2.24, 2.45) is 11.8 Å². The number of para-hydroxylation sites is 3. The molecule has 0 saturated heterocycles. The standard InChI is InChI=1S/C29H28N2O4/c1-18-16-23-26(28(32)25(18)29(33)34-2)27(31-22-14-8-7-13-21(22)30-23)20-12-6-9-15-24(20)35-17-19-10-4-3-5-11-19/h3-15,18,25,27,30-31H,16-17H2,1-2H3/t18-,25+,27+/m1/s1. The quantitative estimate of drug-likeness (QED) is 0.381. The van der Waals surface area contributed by atoms with Gasteiger partial charge in [-0.2, -0.15) is 0 Å². The number of rotatable bonds is 5. The third-order valence-corrected chi connectivity index (χ3v) is 6.69. The molecule has 0 aromatic heterocycles. The summed E-state index contributed by atoms with van der Waals surface area (Å²) in [6, 6.07) is 25.1. The summed E-state index contributed by atoms with van der Waals surface area (Å²) in [5.74, 6) is -1.06. The van der Waals surface area contributed by atoms with Gasteiger partial charge in [0.2, 0.25) is 0 Å². The highest BCUT2D eigenvalue weighted by molar-refractivity contribution is 6.11. The van der Waals surface area contributed by atoms with Crippen molar-refractivity contribution in [1.29, 1.82) is 0 Å². The molecule has 3 aromatic rings. The Morgan fingerprint density at radius 1 is 0.943 bits per heavy atom. The van der Waals surface area contributed by atoms with Gasteiger partial charge in [-0.15, -0.1) is 0 Å². The predicted octanol–water partition coefficient (Wildman–Crippen LogP) is 5.50. The van der Waals surface area contributed by atoms with Crippen molar-refractivity contribution in [3.05, 3.63) is 101 Å². The van der Waals surface area contributed by atoms with Gasteiger partial charge in [0, 0.05) is 16.8 Å². The van der Waals surface area contributed by atoms with Crippen LogP contribution in [0.15, 0.2) is 90.1 Å². The molecule has 1 heterocycles. The van der Waals surface area contributed by atoms with Crippen LogP contribution in [0.2, 0.25) is 0 Å². The number of Topliss-reactive ketones (excluding diaryl/α,β-unsaturated/α-hetero) is 1. The van der Waals surface area contributed by atoms with E-state index in [2.05, 4.69) is 10.6 Å². The number of nitrogens with one attached hydrogen (secondary N) is 2. The topological polar surface area (TPSA) is 76.7 Å². The van der Waals surface area contributed by atoms with Crippen LogP contribution in [0.1, 0.15) is 30.5 Å². The molecule has 0 fully saturated rings. The van der Waals surface area contributed by atoms with Crippen LogP contribution >= 0.6 is 0 Å². The Morgan fingerprint density at radius 2 is 1.63 bits per heavy atom. The smallest absolute Gasteiger partial charge is 0.316 e. The summed E-state index contributed by atoms with van der Waals surface area (Å²) in [6.45, 7) is 2.32. The van der Waals surface area contributed by atoms with Gasteiger partial charge in [0.1, 0.15) is 18.3 Å². The van der Waals surface area contributed by atoms with Gasteiger partial charge < -0.3 is 20.1 Å². The first-order valence-electron chi connectivity index (χ1n) is 11.8. The number of benzene rings is 3. The molecule has 1 aliphatic carbocycles. The summed E-state index contributed by atoms with van der Waals surface area (Å²) in [5, 5.41) is 7.04. The number of allylic oxidation sites excluding steroid dienone is 1. The molecule has 2 aliphatic rings. The van der Waals surface area contributed by atoms with Gasteiger partial charge in [0.05, 0.1) is 24.5 Å². The summed E-state index contributed by atoms with van der Waals surface area (Å²) >= 11 is 0. The SMILES string of the molecule is COC(=O)[C@@H]1C(=O)C2=C(C[C@H]1C)Nc1ccccc1N[C@H]2c1ccccc1OCc1ccccc1. The Morgan fingerprint density at radius 3 is 2.40 bits per heavy atom. The number of hydrogen-bond acceptors (Lipinski definition) is 6. The van der Waals surface area contributed by atoms with Crippen molar-refractivity contribution in [3.63, 3.8) is 0 Å². The molecule has 178 valence electrons. The van der Waals surface area contributed by atoms with Gasteiger partial charge in [0.25, 0.3) is 0 Å². The molecule has 0 saturated carbocycles. The van der Waals surface area contributed by atoms with E-state index in [9.17, 15) is 9.59 Å². The Hall–Kier alpha value is -4.06. The van der Waals surface area contributed by atoms with Crippen LogP contribution in [0.3, 0.4) is 0 Å². The van der Waals surface area contributed by atoms with Crippen LogP contribution in [0.25, 0.3) is 0 Å². The monoisotopic (exact) mass is 468 g/mol. The van der Waals surface area contributed by atoms with Crippen LogP contribution < -0.4 is 15.4 Å². The molecule has 2 N–H and O–H groups in total. The van der Waals surface area contributed by atoms with Gasteiger partial charge in [-0.3, -0.25) is 9.59 Å². The first-order valence-corrected chi connectivity index (χ1v) is 11.8. The minimum Gasteiger partial charge on any atom is -0.489 e. The second kappa shape index (κ2) is 9.66. The molecule has 35 heavy (non-hydrogen) atoms. The number of carbonyl (C=O) groups excluding carboxylic acids is 2. The normalized spacial score (nSPS) is 21.1. The van der Waals surface area contributed by atoms with E-state index in [1.807, 2.05) is 85.8 Å². The van der Waals surface area contributed by atoms with Gasteiger partial charge in [-0.25, -0.2) is 0 Å². The number of esters is 1. The number of hydrogen-bond donors (Lipinski definition) is 2. The highest BCUT2D eigenvalue weighted by Crippen LogP contribution is 2.45. The van der Waals surface area contributed by atoms with E-state index in [4.69, 9.17) is 9.47 Å². The van der Waals surface area contributed by atoms with E-state index in [0.717, 1.165) is 28.2 Å². The Bertz CT molecular complexity index is 1280. The van der Waals surface area contributed by atoms with E-state index >= 15 is 0 Å². The lowest BCUT2D eigenvalue weighted by Gasteiger charge is -2.33. The van der Waals surface area contributed by atoms with Gasteiger partial charge >= 0.3 is 5.97 Å². The molecule has 6 heteroatoms. The molecule has 1 aliphatic heterocycles. The van der Waals surface area contributed by atoms with E-state index in [-0.39, 0.29) is 11.7 Å². The molecule has 0 unspecified atom stereocenters. The van der Waals surface area contributed by atoms with E-state index in [1.165, 1.54) is 7.11 Å². The number of methoxy groups -OCH3 is 1. The van der Waals surface area contributed by atoms with Crippen LogP contribution in [-0.4, -0.2) is 18.9 Å². The van der Waals surface area contributed by atoms with Crippen molar-refractivity contribution in [3.8, 4) is 5.75 Å². The first-order chi connectivity index (χ1) is 17.1. The molecule has 0 spiro atoms. The number of carbonyl (C=O) groups is 2. The molecule has 0 radical (unpaired) electrons. The minimum atomic E-state index is -0.844. The molecule has 5 rings (SSSR count). The lowest BCUT2D eigenvalue weighted by Crippen LogP contribution is -2.39. The molecule has 3 atom stereocenters. The average Bonchev–Trinajstić information content (AvgIpc) is 3.04. The zero-order valence-electron chi connectivity index (χ0n) is 19.8. The number of ether oxygens (including phenoxy) is 2. The molecule has 0 bridgehead atoms. The number of fused-ring (bicyclic) bond motifs is 1. The maximum atomic E-state index is 13.9.